The average Bonchev–Trinajstić information content (AvgIpc) is 2.59. The van der Waals surface area contributed by atoms with Crippen LogP contribution in [0, 0.1) is 0 Å². The maximum Gasteiger partial charge on any atom is 0.387 e. The summed E-state index contributed by atoms with van der Waals surface area (Å²) in [5.74, 6) is -0.749. The lowest BCUT2D eigenvalue weighted by Gasteiger charge is -2.08. The normalized spacial score (nSPS) is 11.4. The second-order valence-corrected chi connectivity index (χ2v) is 7.87. The van der Waals surface area contributed by atoms with Crippen molar-refractivity contribution in [1.82, 2.24) is 5.32 Å². The summed E-state index contributed by atoms with van der Waals surface area (Å²) in [4.78, 5) is 11.9. The molecule has 0 bridgehead atoms. The topological polar surface area (TPSA) is 72.5 Å². The minimum Gasteiger partial charge on any atom is -0.435 e. The van der Waals surface area contributed by atoms with Crippen LogP contribution in [-0.2, 0) is 21.2 Å². The number of carbonyl (C=O) groups excluding carboxylic acids is 1. The molecule has 0 saturated carbocycles. The molecule has 0 radical (unpaired) electrons. The van der Waals surface area contributed by atoms with Crippen LogP contribution in [-0.4, -0.2) is 26.7 Å². The molecule has 0 aliphatic heterocycles. The molecule has 0 unspecified atom stereocenters. The molecule has 0 heterocycles. The number of carbonyl (C=O) groups is 1. The summed E-state index contributed by atoms with van der Waals surface area (Å²) >= 11 is 5.72. The van der Waals surface area contributed by atoms with Crippen molar-refractivity contribution in [2.24, 2.45) is 0 Å². The second-order valence-electron chi connectivity index (χ2n) is 5.32. The molecule has 0 saturated heterocycles. The predicted molar refractivity (Wildman–Crippen MR) is 93.0 cm³/mol. The Morgan fingerprint density at radius 1 is 1.08 bits per heavy atom. The number of sulfone groups is 1. The molecule has 0 aromatic heterocycles. The zero-order valence-corrected chi connectivity index (χ0v) is 15.1. The molecule has 2 aromatic rings. The summed E-state index contributed by atoms with van der Waals surface area (Å²) in [5, 5.41) is 3.00. The molecule has 140 valence electrons. The van der Waals surface area contributed by atoms with Crippen LogP contribution in [0.5, 0.6) is 5.75 Å². The Bertz CT molecular complexity index is 840. The first kappa shape index (κ1) is 20.1. The second kappa shape index (κ2) is 8.95. The fraction of sp³-hybridized carbons (Fsp3) is 0.235. The van der Waals surface area contributed by atoms with E-state index in [0.717, 1.165) is 0 Å². The van der Waals surface area contributed by atoms with Gasteiger partial charge in [-0.3, -0.25) is 4.79 Å². The van der Waals surface area contributed by atoms with E-state index >= 15 is 0 Å². The maximum atomic E-state index is 12.1. The summed E-state index contributed by atoms with van der Waals surface area (Å²) in [5.41, 5.74) is 0.667. The Kier molecular flexibility index (Phi) is 6.93. The molecule has 0 aliphatic rings. The third kappa shape index (κ3) is 6.27. The van der Waals surface area contributed by atoms with E-state index in [1.165, 1.54) is 48.5 Å². The predicted octanol–water partition coefficient (Wildman–Crippen LogP) is 3.42. The van der Waals surface area contributed by atoms with Gasteiger partial charge in [0.25, 0.3) is 0 Å². The Labute approximate surface area is 154 Å². The van der Waals surface area contributed by atoms with Gasteiger partial charge in [-0.25, -0.2) is 8.42 Å². The third-order valence-corrected chi connectivity index (χ3v) is 5.39. The molecule has 0 atom stereocenters. The molecule has 0 fully saturated rings. The monoisotopic (exact) mass is 403 g/mol. The van der Waals surface area contributed by atoms with E-state index in [1.807, 2.05) is 0 Å². The lowest BCUT2D eigenvalue weighted by atomic mass is 10.2. The number of hydrogen-bond donors (Lipinski definition) is 1. The zero-order chi connectivity index (χ0) is 19.2. The van der Waals surface area contributed by atoms with Crippen LogP contribution in [0.15, 0.2) is 53.4 Å². The fourth-order valence-electron chi connectivity index (χ4n) is 2.06. The summed E-state index contributed by atoms with van der Waals surface area (Å²) in [7, 11) is -3.58. The van der Waals surface area contributed by atoms with E-state index in [4.69, 9.17) is 11.6 Å². The van der Waals surface area contributed by atoms with Crippen LogP contribution >= 0.6 is 11.6 Å². The molecule has 26 heavy (non-hydrogen) atoms. The standard InChI is InChI=1S/C17H16ClF2NO4S/c18-13-3-7-15(8-4-13)26(23,24)10-9-16(22)21-11-12-1-5-14(6-2-12)25-17(19)20/h1-8,17H,9-11H2,(H,21,22). The van der Waals surface area contributed by atoms with Gasteiger partial charge in [0.15, 0.2) is 9.84 Å². The van der Waals surface area contributed by atoms with Crippen molar-refractivity contribution in [1.29, 1.82) is 0 Å². The van der Waals surface area contributed by atoms with Crippen LogP contribution < -0.4 is 10.1 Å². The quantitative estimate of drug-likeness (QED) is 0.733. The Morgan fingerprint density at radius 2 is 1.69 bits per heavy atom. The van der Waals surface area contributed by atoms with Crippen molar-refractivity contribution in [3.05, 3.63) is 59.1 Å². The molecular weight excluding hydrogens is 388 g/mol. The van der Waals surface area contributed by atoms with E-state index < -0.39 is 22.4 Å². The van der Waals surface area contributed by atoms with Crippen molar-refractivity contribution in [2.75, 3.05) is 5.75 Å². The number of benzene rings is 2. The first-order chi connectivity index (χ1) is 12.3. The SMILES string of the molecule is O=C(CCS(=O)(=O)c1ccc(Cl)cc1)NCc1ccc(OC(F)F)cc1. The summed E-state index contributed by atoms with van der Waals surface area (Å²) < 4.78 is 52.7. The molecule has 9 heteroatoms. The van der Waals surface area contributed by atoms with E-state index in [9.17, 15) is 22.0 Å². The van der Waals surface area contributed by atoms with Gasteiger partial charge in [-0.2, -0.15) is 8.78 Å². The molecule has 0 spiro atoms. The number of halogens is 3. The first-order valence-electron chi connectivity index (χ1n) is 7.55. The Morgan fingerprint density at radius 3 is 2.27 bits per heavy atom. The van der Waals surface area contributed by atoms with E-state index in [2.05, 4.69) is 10.1 Å². The number of alkyl halides is 2. The summed E-state index contributed by atoms with van der Waals surface area (Å²) in [6, 6.07) is 11.5. The lowest BCUT2D eigenvalue weighted by molar-refractivity contribution is -0.120. The van der Waals surface area contributed by atoms with Crippen LogP contribution in [0.3, 0.4) is 0 Å². The van der Waals surface area contributed by atoms with E-state index in [0.29, 0.717) is 10.6 Å². The van der Waals surface area contributed by atoms with E-state index in [-0.39, 0.29) is 29.4 Å². The highest BCUT2D eigenvalue weighted by Crippen LogP contribution is 2.16. The number of amides is 1. The summed E-state index contributed by atoms with van der Waals surface area (Å²) in [6.07, 6.45) is -0.197. The van der Waals surface area contributed by atoms with Crippen molar-refractivity contribution >= 4 is 27.3 Å². The van der Waals surface area contributed by atoms with Gasteiger partial charge in [0.2, 0.25) is 5.91 Å². The summed E-state index contributed by atoms with van der Waals surface area (Å²) in [6.45, 7) is -2.75. The first-order valence-corrected chi connectivity index (χ1v) is 9.58. The molecule has 2 aromatic carbocycles. The molecule has 2 rings (SSSR count). The van der Waals surface area contributed by atoms with Gasteiger partial charge in [0, 0.05) is 18.0 Å². The van der Waals surface area contributed by atoms with Crippen LogP contribution in [0.2, 0.25) is 5.02 Å². The van der Waals surface area contributed by atoms with Gasteiger partial charge >= 0.3 is 6.61 Å². The maximum absolute atomic E-state index is 12.1. The van der Waals surface area contributed by atoms with Gasteiger partial charge in [-0.1, -0.05) is 23.7 Å². The van der Waals surface area contributed by atoms with Crippen LogP contribution in [0.4, 0.5) is 8.78 Å². The lowest BCUT2D eigenvalue weighted by Crippen LogP contribution is -2.25. The van der Waals surface area contributed by atoms with Gasteiger partial charge in [-0.05, 0) is 42.0 Å². The molecule has 1 amide bonds. The van der Waals surface area contributed by atoms with E-state index in [1.54, 1.807) is 0 Å². The average molecular weight is 404 g/mol. The number of nitrogens with one attached hydrogen (secondary N) is 1. The molecule has 5 nitrogen and oxygen atoms in total. The highest BCUT2D eigenvalue weighted by Gasteiger charge is 2.16. The Balaban J connectivity index is 1.82. The van der Waals surface area contributed by atoms with Gasteiger partial charge in [-0.15, -0.1) is 0 Å². The van der Waals surface area contributed by atoms with Crippen molar-refractivity contribution in [2.45, 2.75) is 24.5 Å². The highest BCUT2D eigenvalue weighted by atomic mass is 35.5. The van der Waals surface area contributed by atoms with Crippen molar-refractivity contribution in [3.8, 4) is 5.75 Å². The van der Waals surface area contributed by atoms with Crippen LogP contribution in [0.1, 0.15) is 12.0 Å². The fourth-order valence-corrected chi connectivity index (χ4v) is 3.43. The van der Waals surface area contributed by atoms with Crippen molar-refractivity contribution in [3.63, 3.8) is 0 Å². The van der Waals surface area contributed by atoms with Crippen molar-refractivity contribution < 1.29 is 26.7 Å². The minimum absolute atomic E-state index is 0.0177. The largest absolute Gasteiger partial charge is 0.435 e. The zero-order valence-electron chi connectivity index (χ0n) is 13.5. The number of hydrogen-bond acceptors (Lipinski definition) is 4. The smallest absolute Gasteiger partial charge is 0.387 e. The minimum atomic E-state index is -3.58. The Hall–Kier alpha value is -2.19. The van der Waals surface area contributed by atoms with Gasteiger partial charge < -0.3 is 10.1 Å². The van der Waals surface area contributed by atoms with Gasteiger partial charge in [0.05, 0.1) is 10.6 Å². The molecule has 0 aliphatic carbocycles. The van der Waals surface area contributed by atoms with Gasteiger partial charge in [0.1, 0.15) is 5.75 Å². The van der Waals surface area contributed by atoms with Crippen LogP contribution in [0.25, 0.3) is 0 Å². The molecule has 1 N–H and O–H groups in total. The number of ether oxygens (including phenoxy) is 1. The molecular formula is C17H16ClF2NO4S. The third-order valence-electron chi connectivity index (χ3n) is 3.41. The highest BCUT2D eigenvalue weighted by molar-refractivity contribution is 7.91. The number of rotatable bonds is 8.